The van der Waals surface area contributed by atoms with Gasteiger partial charge in [0.15, 0.2) is 5.89 Å². The van der Waals surface area contributed by atoms with Gasteiger partial charge in [-0.3, -0.25) is 4.79 Å². The number of piperidine rings is 1. The summed E-state index contributed by atoms with van der Waals surface area (Å²) in [6.45, 7) is 2.69. The number of thiazole rings is 1. The van der Waals surface area contributed by atoms with Crippen molar-refractivity contribution in [2.45, 2.75) is 38.6 Å². The molecule has 0 bridgehead atoms. The first-order valence-electron chi connectivity index (χ1n) is 11.0. The molecule has 0 N–H and O–H groups in total. The summed E-state index contributed by atoms with van der Waals surface area (Å²) < 4.78 is 5.79. The number of hydrogen-bond acceptors (Lipinski definition) is 5. The Morgan fingerprint density at radius 3 is 2.50 bits per heavy atom. The lowest BCUT2D eigenvalue weighted by Gasteiger charge is -2.35. The van der Waals surface area contributed by atoms with Crippen molar-refractivity contribution in [1.82, 2.24) is 14.9 Å². The second-order valence-corrected chi connectivity index (χ2v) is 9.32. The number of benzene rings is 2. The standard InChI is InChI=1S/C26H25N3O2S/c1-18-27-24(25(32-18)20-12-6-3-7-13-20)26(30)29-15-9-8-14-21(29)16-23-28-22(17-31-23)19-10-4-2-5-11-19/h2-7,10-13,17,21H,8-9,14-16H2,1H3. The minimum Gasteiger partial charge on any atom is -0.448 e. The van der Waals surface area contributed by atoms with E-state index >= 15 is 0 Å². The van der Waals surface area contributed by atoms with Gasteiger partial charge in [0.1, 0.15) is 17.7 Å². The molecule has 3 heterocycles. The summed E-state index contributed by atoms with van der Waals surface area (Å²) in [5.74, 6) is 0.680. The molecule has 1 atom stereocenters. The highest BCUT2D eigenvalue weighted by Gasteiger charge is 2.32. The number of carbonyl (C=O) groups excluding carboxylic acids is 1. The molecule has 1 amide bonds. The summed E-state index contributed by atoms with van der Waals surface area (Å²) in [5.41, 5.74) is 3.46. The van der Waals surface area contributed by atoms with E-state index in [0.717, 1.165) is 52.5 Å². The number of nitrogens with zero attached hydrogens (tertiary/aromatic N) is 3. The van der Waals surface area contributed by atoms with Crippen LogP contribution in [0.15, 0.2) is 71.3 Å². The molecule has 0 radical (unpaired) electrons. The molecular formula is C26H25N3O2S. The van der Waals surface area contributed by atoms with Crippen LogP contribution in [0.3, 0.4) is 0 Å². The first-order chi connectivity index (χ1) is 15.7. The smallest absolute Gasteiger partial charge is 0.274 e. The quantitative estimate of drug-likeness (QED) is 0.379. The molecule has 0 aliphatic carbocycles. The Morgan fingerprint density at radius 2 is 1.75 bits per heavy atom. The van der Waals surface area contributed by atoms with Gasteiger partial charge in [0, 0.05) is 24.6 Å². The van der Waals surface area contributed by atoms with Crippen LogP contribution in [0.25, 0.3) is 21.7 Å². The topological polar surface area (TPSA) is 59.2 Å². The zero-order valence-electron chi connectivity index (χ0n) is 18.0. The fourth-order valence-corrected chi connectivity index (χ4v) is 5.24. The number of carbonyl (C=O) groups is 1. The SMILES string of the molecule is Cc1nc(C(=O)N2CCCCC2Cc2nc(-c3ccccc3)co2)c(-c2ccccc2)s1. The number of rotatable bonds is 5. The van der Waals surface area contributed by atoms with Crippen LogP contribution in [0.1, 0.15) is 40.6 Å². The molecule has 5 rings (SSSR count). The van der Waals surface area contributed by atoms with Gasteiger partial charge in [0.25, 0.3) is 5.91 Å². The predicted molar refractivity (Wildman–Crippen MR) is 127 cm³/mol. The number of aryl methyl sites for hydroxylation is 1. The Morgan fingerprint density at radius 1 is 1.03 bits per heavy atom. The summed E-state index contributed by atoms with van der Waals surface area (Å²) >= 11 is 1.58. The van der Waals surface area contributed by atoms with Gasteiger partial charge in [0.05, 0.1) is 9.88 Å². The molecule has 1 aliphatic heterocycles. The van der Waals surface area contributed by atoms with E-state index in [2.05, 4.69) is 4.98 Å². The van der Waals surface area contributed by atoms with Gasteiger partial charge < -0.3 is 9.32 Å². The summed E-state index contributed by atoms with van der Waals surface area (Å²) in [6.07, 6.45) is 5.37. The molecule has 0 saturated carbocycles. The largest absolute Gasteiger partial charge is 0.448 e. The number of hydrogen-bond donors (Lipinski definition) is 0. The van der Waals surface area contributed by atoms with Gasteiger partial charge in [-0.15, -0.1) is 11.3 Å². The summed E-state index contributed by atoms with van der Waals surface area (Å²) in [4.78, 5) is 25.9. The first-order valence-corrected chi connectivity index (χ1v) is 11.8. The highest BCUT2D eigenvalue weighted by atomic mass is 32.1. The number of likely N-dealkylation sites (tertiary alicyclic amines) is 1. The van der Waals surface area contributed by atoms with E-state index in [-0.39, 0.29) is 11.9 Å². The lowest BCUT2D eigenvalue weighted by atomic mass is 9.98. The van der Waals surface area contributed by atoms with Crippen molar-refractivity contribution in [2.24, 2.45) is 0 Å². The molecule has 1 aliphatic rings. The number of amides is 1. The predicted octanol–water partition coefficient (Wildman–Crippen LogP) is 6.01. The van der Waals surface area contributed by atoms with Crippen molar-refractivity contribution >= 4 is 17.2 Å². The van der Waals surface area contributed by atoms with Crippen LogP contribution in [-0.4, -0.2) is 33.4 Å². The van der Waals surface area contributed by atoms with E-state index in [1.807, 2.05) is 72.5 Å². The molecule has 0 spiro atoms. The zero-order chi connectivity index (χ0) is 21.9. The highest BCUT2D eigenvalue weighted by Crippen LogP contribution is 2.33. The molecule has 32 heavy (non-hydrogen) atoms. The maximum Gasteiger partial charge on any atom is 0.274 e. The van der Waals surface area contributed by atoms with Gasteiger partial charge >= 0.3 is 0 Å². The minimum absolute atomic E-state index is 0.00717. The Hall–Kier alpha value is -3.25. The van der Waals surface area contributed by atoms with Gasteiger partial charge in [0.2, 0.25) is 0 Å². The number of aromatic nitrogens is 2. The second-order valence-electron chi connectivity index (χ2n) is 8.12. The Bertz CT molecular complexity index is 1200. The average molecular weight is 444 g/mol. The third-order valence-electron chi connectivity index (χ3n) is 5.89. The highest BCUT2D eigenvalue weighted by molar-refractivity contribution is 7.15. The third-order valence-corrected chi connectivity index (χ3v) is 6.91. The summed E-state index contributed by atoms with van der Waals surface area (Å²) in [5, 5.41) is 0.904. The molecule has 5 nitrogen and oxygen atoms in total. The molecule has 2 aromatic carbocycles. The fourth-order valence-electron chi connectivity index (χ4n) is 4.32. The van der Waals surface area contributed by atoms with Crippen LogP contribution in [0.2, 0.25) is 0 Å². The molecule has 1 saturated heterocycles. The van der Waals surface area contributed by atoms with Crippen LogP contribution in [0.5, 0.6) is 0 Å². The molecular weight excluding hydrogens is 418 g/mol. The summed E-state index contributed by atoms with van der Waals surface area (Å²) in [6, 6.07) is 20.1. The molecule has 2 aromatic heterocycles. The molecule has 6 heteroatoms. The first kappa shape index (κ1) is 20.6. The fraction of sp³-hybridized carbons (Fsp3) is 0.269. The average Bonchev–Trinajstić information content (AvgIpc) is 3.47. The van der Waals surface area contributed by atoms with E-state index in [1.54, 1.807) is 17.6 Å². The zero-order valence-corrected chi connectivity index (χ0v) is 18.8. The van der Waals surface area contributed by atoms with Crippen LogP contribution >= 0.6 is 11.3 Å². The Kier molecular flexibility index (Phi) is 5.86. The second kappa shape index (κ2) is 9.09. The van der Waals surface area contributed by atoms with Gasteiger partial charge in [-0.1, -0.05) is 60.7 Å². The van der Waals surface area contributed by atoms with Crippen molar-refractivity contribution in [3.05, 3.63) is 83.5 Å². The van der Waals surface area contributed by atoms with Crippen LogP contribution in [0.4, 0.5) is 0 Å². The maximum atomic E-state index is 13.7. The lowest BCUT2D eigenvalue weighted by Crippen LogP contribution is -2.45. The van der Waals surface area contributed by atoms with Crippen LogP contribution < -0.4 is 0 Å². The van der Waals surface area contributed by atoms with E-state index < -0.39 is 0 Å². The van der Waals surface area contributed by atoms with E-state index in [0.29, 0.717) is 18.0 Å². The maximum absolute atomic E-state index is 13.7. The van der Waals surface area contributed by atoms with Gasteiger partial charge in [-0.05, 0) is 31.7 Å². The Balaban J connectivity index is 1.39. The molecule has 1 fully saturated rings. The van der Waals surface area contributed by atoms with Crippen molar-refractivity contribution in [3.8, 4) is 21.7 Å². The molecule has 162 valence electrons. The number of oxazole rings is 1. The third kappa shape index (κ3) is 4.23. The van der Waals surface area contributed by atoms with E-state index in [4.69, 9.17) is 9.40 Å². The van der Waals surface area contributed by atoms with E-state index in [9.17, 15) is 4.79 Å². The molecule has 4 aromatic rings. The summed E-state index contributed by atoms with van der Waals surface area (Å²) in [7, 11) is 0. The van der Waals surface area contributed by atoms with Crippen molar-refractivity contribution in [3.63, 3.8) is 0 Å². The van der Waals surface area contributed by atoms with Gasteiger partial charge in [-0.25, -0.2) is 9.97 Å². The minimum atomic E-state index is 0.00717. The Labute approximate surface area is 191 Å². The van der Waals surface area contributed by atoms with Crippen LogP contribution in [-0.2, 0) is 6.42 Å². The van der Waals surface area contributed by atoms with Crippen molar-refractivity contribution in [1.29, 1.82) is 0 Å². The van der Waals surface area contributed by atoms with Crippen molar-refractivity contribution < 1.29 is 9.21 Å². The van der Waals surface area contributed by atoms with E-state index in [1.165, 1.54) is 0 Å². The van der Waals surface area contributed by atoms with Crippen molar-refractivity contribution in [2.75, 3.05) is 6.54 Å². The van der Waals surface area contributed by atoms with Crippen LogP contribution in [0, 0.1) is 6.92 Å². The molecule has 1 unspecified atom stereocenters. The monoisotopic (exact) mass is 443 g/mol. The van der Waals surface area contributed by atoms with Gasteiger partial charge in [-0.2, -0.15) is 0 Å². The lowest BCUT2D eigenvalue weighted by molar-refractivity contribution is 0.0601. The normalized spacial score (nSPS) is 16.3.